The number of hydrogen-bond acceptors (Lipinski definition) is 5. The Kier molecular flexibility index (Phi) is 5.77. The third-order valence-electron chi connectivity index (χ3n) is 3.09. The Bertz CT molecular complexity index is 584. The Morgan fingerprint density at radius 1 is 0.773 bits per heavy atom. The molecule has 0 spiro atoms. The third-order valence-corrected chi connectivity index (χ3v) is 3.09. The molecule has 2 N–H and O–H groups in total. The predicted molar refractivity (Wildman–Crippen MR) is 86.0 cm³/mol. The Morgan fingerprint density at radius 3 is 2.00 bits per heavy atom. The maximum absolute atomic E-state index is 5.88. The number of hydrogen-bond donors (Lipinski definition) is 1. The maximum Gasteiger partial charge on any atom is 0.142 e. The lowest BCUT2D eigenvalue weighted by Gasteiger charge is -2.11. The van der Waals surface area contributed by atoms with Gasteiger partial charge >= 0.3 is 0 Å². The van der Waals surface area contributed by atoms with Gasteiger partial charge in [0.05, 0.1) is 33.1 Å². The van der Waals surface area contributed by atoms with Crippen LogP contribution in [0.1, 0.15) is 6.42 Å². The molecule has 5 heteroatoms. The number of nitrogen functional groups attached to an aromatic ring is 1. The minimum atomic E-state index is 0.534. The van der Waals surface area contributed by atoms with Gasteiger partial charge in [-0.15, -0.1) is 0 Å². The summed E-state index contributed by atoms with van der Waals surface area (Å²) in [6.45, 7) is 1.11. The number of ether oxygens (including phenoxy) is 4. The highest BCUT2D eigenvalue weighted by atomic mass is 16.5. The molecule has 0 unspecified atom stereocenters. The molecule has 118 valence electrons. The molecule has 0 saturated carbocycles. The van der Waals surface area contributed by atoms with Crippen molar-refractivity contribution in [3.8, 4) is 23.0 Å². The summed E-state index contributed by atoms with van der Waals surface area (Å²) in [7, 11) is 3.24. The molecule has 0 aliphatic heterocycles. The molecule has 2 aromatic carbocycles. The molecule has 0 aliphatic rings. The van der Waals surface area contributed by atoms with Crippen molar-refractivity contribution in [3.05, 3.63) is 42.5 Å². The highest BCUT2D eigenvalue weighted by Gasteiger charge is 2.02. The number of nitrogens with two attached hydrogens (primary N) is 1. The average molecular weight is 303 g/mol. The molecule has 0 fully saturated rings. The van der Waals surface area contributed by atoms with Crippen molar-refractivity contribution in [1.29, 1.82) is 0 Å². The minimum absolute atomic E-state index is 0.534. The van der Waals surface area contributed by atoms with E-state index < -0.39 is 0 Å². The van der Waals surface area contributed by atoms with Crippen LogP contribution in [0.5, 0.6) is 23.0 Å². The van der Waals surface area contributed by atoms with Gasteiger partial charge in [0.1, 0.15) is 23.0 Å². The van der Waals surface area contributed by atoms with Crippen molar-refractivity contribution < 1.29 is 18.9 Å². The average Bonchev–Trinajstić information content (AvgIpc) is 2.56. The molecular weight excluding hydrogens is 282 g/mol. The highest BCUT2D eigenvalue weighted by molar-refractivity contribution is 5.56. The SMILES string of the molecule is COc1ccc(OCCCOc2ccc(OC)cc2N)cc1. The lowest BCUT2D eigenvalue weighted by Crippen LogP contribution is -2.06. The summed E-state index contributed by atoms with van der Waals surface area (Å²) in [5.74, 6) is 2.99. The summed E-state index contributed by atoms with van der Waals surface area (Å²) < 4.78 is 21.4. The Labute approximate surface area is 130 Å². The van der Waals surface area contributed by atoms with Gasteiger partial charge in [0.2, 0.25) is 0 Å². The second kappa shape index (κ2) is 8.02. The Hall–Kier alpha value is -2.56. The molecule has 0 aliphatic carbocycles. The molecule has 5 nitrogen and oxygen atoms in total. The van der Waals surface area contributed by atoms with Gasteiger partial charge in [-0.1, -0.05) is 0 Å². The number of benzene rings is 2. The quantitative estimate of drug-likeness (QED) is 0.599. The van der Waals surface area contributed by atoms with Gasteiger partial charge in [-0.2, -0.15) is 0 Å². The van der Waals surface area contributed by atoms with Crippen LogP contribution in [0.25, 0.3) is 0 Å². The van der Waals surface area contributed by atoms with Crippen LogP contribution in [0, 0.1) is 0 Å². The molecule has 0 amide bonds. The van der Waals surface area contributed by atoms with Crippen molar-refractivity contribution >= 4 is 5.69 Å². The first-order valence-corrected chi connectivity index (χ1v) is 7.06. The zero-order valence-corrected chi connectivity index (χ0v) is 12.9. The predicted octanol–water partition coefficient (Wildman–Crippen LogP) is 3.13. The summed E-state index contributed by atoms with van der Waals surface area (Å²) >= 11 is 0. The fraction of sp³-hybridized carbons (Fsp3) is 0.294. The van der Waals surface area contributed by atoms with Crippen molar-refractivity contribution in [2.45, 2.75) is 6.42 Å². The molecule has 22 heavy (non-hydrogen) atoms. The van der Waals surface area contributed by atoms with E-state index in [0.29, 0.717) is 30.4 Å². The fourth-order valence-corrected chi connectivity index (χ4v) is 1.89. The largest absolute Gasteiger partial charge is 0.497 e. The Morgan fingerprint density at radius 2 is 1.36 bits per heavy atom. The van der Waals surface area contributed by atoms with Crippen LogP contribution in [0.3, 0.4) is 0 Å². The van der Waals surface area contributed by atoms with Crippen molar-refractivity contribution in [3.63, 3.8) is 0 Å². The highest BCUT2D eigenvalue weighted by Crippen LogP contribution is 2.26. The molecule has 0 atom stereocenters. The standard InChI is InChI=1S/C17H21NO4/c1-19-13-4-6-14(7-5-13)21-10-3-11-22-17-9-8-15(20-2)12-16(17)18/h4-9,12H,3,10-11,18H2,1-2H3. The second-order valence-corrected chi connectivity index (χ2v) is 4.63. The molecule has 0 aromatic heterocycles. The normalized spacial score (nSPS) is 10.1. The van der Waals surface area contributed by atoms with Gasteiger partial charge in [0.25, 0.3) is 0 Å². The van der Waals surface area contributed by atoms with E-state index in [2.05, 4.69) is 0 Å². The summed E-state index contributed by atoms with van der Waals surface area (Å²) in [4.78, 5) is 0. The van der Waals surface area contributed by atoms with Gasteiger partial charge in [-0.25, -0.2) is 0 Å². The first-order valence-electron chi connectivity index (χ1n) is 7.06. The molecule has 0 saturated heterocycles. The lowest BCUT2D eigenvalue weighted by atomic mass is 10.3. The van der Waals surface area contributed by atoms with E-state index in [4.69, 9.17) is 24.7 Å². The second-order valence-electron chi connectivity index (χ2n) is 4.63. The zero-order valence-electron chi connectivity index (χ0n) is 12.9. The minimum Gasteiger partial charge on any atom is -0.497 e. The van der Waals surface area contributed by atoms with Gasteiger partial charge in [0.15, 0.2) is 0 Å². The number of rotatable bonds is 8. The smallest absolute Gasteiger partial charge is 0.142 e. The molecule has 0 radical (unpaired) electrons. The van der Waals surface area contributed by atoms with E-state index in [1.54, 1.807) is 26.4 Å². The summed E-state index contributed by atoms with van der Waals surface area (Å²) in [5, 5.41) is 0. The van der Waals surface area contributed by atoms with Crippen molar-refractivity contribution in [1.82, 2.24) is 0 Å². The van der Waals surface area contributed by atoms with Crippen LogP contribution in [-0.4, -0.2) is 27.4 Å². The third kappa shape index (κ3) is 4.48. The van der Waals surface area contributed by atoms with E-state index >= 15 is 0 Å². The summed E-state index contributed by atoms with van der Waals surface area (Å²) in [6, 6.07) is 12.8. The van der Waals surface area contributed by atoms with E-state index in [-0.39, 0.29) is 0 Å². The molecule has 2 aromatic rings. The number of methoxy groups -OCH3 is 2. The summed E-state index contributed by atoms with van der Waals surface area (Å²) in [6.07, 6.45) is 0.761. The van der Waals surface area contributed by atoms with Gasteiger partial charge in [-0.05, 0) is 36.4 Å². The van der Waals surface area contributed by atoms with E-state index in [1.165, 1.54) is 0 Å². The Balaban J connectivity index is 1.70. The molecular formula is C17H21NO4. The van der Waals surface area contributed by atoms with Crippen molar-refractivity contribution in [2.75, 3.05) is 33.2 Å². The van der Waals surface area contributed by atoms with Crippen LogP contribution >= 0.6 is 0 Å². The fourth-order valence-electron chi connectivity index (χ4n) is 1.89. The van der Waals surface area contributed by atoms with E-state index in [9.17, 15) is 0 Å². The first kappa shape index (κ1) is 15.8. The monoisotopic (exact) mass is 303 g/mol. The van der Waals surface area contributed by atoms with Crippen LogP contribution in [0.2, 0.25) is 0 Å². The molecule has 2 rings (SSSR count). The van der Waals surface area contributed by atoms with Crippen LogP contribution in [0.4, 0.5) is 5.69 Å². The van der Waals surface area contributed by atoms with Gasteiger partial charge < -0.3 is 24.7 Å². The van der Waals surface area contributed by atoms with Crippen molar-refractivity contribution in [2.24, 2.45) is 0 Å². The van der Waals surface area contributed by atoms with E-state index in [0.717, 1.165) is 17.9 Å². The van der Waals surface area contributed by atoms with Crippen LogP contribution in [-0.2, 0) is 0 Å². The molecule has 0 heterocycles. The van der Waals surface area contributed by atoms with Crippen LogP contribution < -0.4 is 24.7 Å². The molecule has 0 bridgehead atoms. The lowest BCUT2D eigenvalue weighted by molar-refractivity contribution is 0.248. The summed E-state index contributed by atoms with van der Waals surface area (Å²) in [5.41, 5.74) is 6.45. The van der Waals surface area contributed by atoms with Crippen LogP contribution in [0.15, 0.2) is 42.5 Å². The topological polar surface area (TPSA) is 62.9 Å². The van der Waals surface area contributed by atoms with E-state index in [1.807, 2.05) is 30.3 Å². The number of anilines is 1. The van der Waals surface area contributed by atoms with Gasteiger partial charge in [-0.3, -0.25) is 0 Å². The first-order chi connectivity index (χ1) is 10.7. The zero-order chi connectivity index (χ0) is 15.8. The maximum atomic E-state index is 5.88. The van der Waals surface area contributed by atoms with Gasteiger partial charge in [0, 0.05) is 12.5 Å².